The van der Waals surface area contributed by atoms with Crippen molar-refractivity contribution < 1.29 is 13.2 Å². The molecule has 0 saturated heterocycles. The van der Waals surface area contributed by atoms with Crippen LogP contribution >= 0.6 is 35.8 Å². The number of hydrogen-bond donors (Lipinski definition) is 0. The van der Waals surface area contributed by atoms with Crippen LogP contribution in [0.5, 0.6) is 11.5 Å². The summed E-state index contributed by atoms with van der Waals surface area (Å²) in [6, 6.07) is 5.46. The van der Waals surface area contributed by atoms with E-state index >= 15 is 0 Å². The maximum atomic E-state index is 14.0. The Hall–Kier alpha value is 0.140. The van der Waals surface area contributed by atoms with Crippen LogP contribution in [0.25, 0.3) is 0 Å². The molecule has 1 aromatic carbocycles. The summed E-state index contributed by atoms with van der Waals surface area (Å²) in [4.78, 5) is 0. The van der Waals surface area contributed by atoms with E-state index in [1.807, 2.05) is 12.1 Å². The van der Waals surface area contributed by atoms with Crippen molar-refractivity contribution >= 4 is 35.8 Å². The monoisotopic (exact) mass is 372 g/mol. The van der Waals surface area contributed by atoms with Crippen LogP contribution in [0.4, 0.5) is 4.20 Å². The third-order valence-corrected chi connectivity index (χ3v) is 4.98. The Balaban J connectivity index is 2.43. The molecule has 0 unspecified atom stereocenters. The molecule has 1 aliphatic heterocycles. The topological polar surface area (TPSA) is 18.5 Å². The summed E-state index contributed by atoms with van der Waals surface area (Å²) in [5.74, 6) is 0.850. The van der Waals surface area contributed by atoms with Gasteiger partial charge in [0, 0.05) is 0 Å². The van der Waals surface area contributed by atoms with Gasteiger partial charge in [-0.2, -0.15) is 0 Å². The first kappa shape index (κ1) is 12.6. The van der Waals surface area contributed by atoms with Gasteiger partial charge in [0.2, 0.25) is 0 Å². The average molecular weight is 374 g/mol. The van der Waals surface area contributed by atoms with E-state index in [2.05, 4.69) is 51.7 Å². The van der Waals surface area contributed by atoms with E-state index in [-0.39, 0.29) is 5.41 Å². The van der Waals surface area contributed by atoms with E-state index in [0.29, 0.717) is 11.5 Å². The van der Waals surface area contributed by atoms with Gasteiger partial charge in [0.1, 0.15) is 0 Å². The molecular formula is C10H12Br2FO2P. The molecule has 0 aromatic heterocycles. The Kier molecular flexibility index (Phi) is 2.62. The maximum absolute atomic E-state index is 14.0. The Morgan fingerprint density at radius 1 is 1.12 bits per heavy atom. The number of benzene rings is 1. The molecule has 0 aliphatic carbocycles. The molecule has 0 spiro atoms. The minimum absolute atomic E-state index is 0.00758. The molecule has 1 heterocycles. The summed E-state index contributed by atoms with van der Waals surface area (Å²) in [7, 11) is 0. The van der Waals surface area contributed by atoms with Gasteiger partial charge in [0.05, 0.1) is 0 Å². The molecule has 1 aromatic rings. The molecule has 1 aliphatic rings. The van der Waals surface area contributed by atoms with Gasteiger partial charge in [-0.25, -0.2) is 0 Å². The summed E-state index contributed by atoms with van der Waals surface area (Å²) in [5, 5.41) is 0. The molecule has 6 heteroatoms. The number of hydrogen-bond acceptors (Lipinski definition) is 2. The quantitative estimate of drug-likeness (QED) is 0.547. The molecule has 0 saturated carbocycles. The standard InChI is InChI=1S/C10H12Br2FO2P/c1-10(2,3)7-4-5-8-9(6-7)15-16(11,12,13)14-8/h4-6H,1-3H3. The van der Waals surface area contributed by atoms with Gasteiger partial charge in [0.15, 0.2) is 0 Å². The van der Waals surface area contributed by atoms with Crippen molar-refractivity contribution in [1.29, 1.82) is 0 Å². The van der Waals surface area contributed by atoms with Crippen LogP contribution in [-0.4, -0.2) is 0 Å². The van der Waals surface area contributed by atoms with E-state index in [1.165, 1.54) is 0 Å². The molecule has 2 rings (SSSR count). The summed E-state index contributed by atoms with van der Waals surface area (Å²) >= 11 is 5.68. The fourth-order valence-electron chi connectivity index (χ4n) is 1.44. The van der Waals surface area contributed by atoms with Gasteiger partial charge in [-0.1, -0.05) is 0 Å². The van der Waals surface area contributed by atoms with Gasteiger partial charge >= 0.3 is 110 Å². The second-order valence-corrected chi connectivity index (χ2v) is 16.6. The third-order valence-electron chi connectivity index (χ3n) is 2.29. The second-order valence-electron chi connectivity index (χ2n) is 4.77. The number of halogens is 3. The first-order valence-electron chi connectivity index (χ1n) is 4.77. The summed E-state index contributed by atoms with van der Waals surface area (Å²) < 4.78 is 20.1. The molecule has 0 bridgehead atoms. The summed E-state index contributed by atoms with van der Waals surface area (Å²) in [6.07, 6.45) is 0. The molecule has 16 heavy (non-hydrogen) atoms. The molecule has 0 radical (unpaired) electrons. The van der Waals surface area contributed by atoms with Crippen molar-refractivity contribution in [2.75, 3.05) is 0 Å². The Morgan fingerprint density at radius 3 is 2.25 bits per heavy atom. The van der Waals surface area contributed by atoms with Gasteiger partial charge in [-0.05, 0) is 0 Å². The zero-order valence-electron chi connectivity index (χ0n) is 9.13. The fourth-order valence-corrected chi connectivity index (χ4v) is 4.25. The van der Waals surface area contributed by atoms with Gasteiger partial charge in [-0.15, -0.1) is 0 Å². The van der Waals surface area contributed by atoms with Crippen LogP contribution in [0.1, 0.15) is 26.3 Å². The third kappa shape index (κ3) is 2.52. The van der Waals surface area contributed by atoms with Crippen LogP contribution in [0.3, 0.4) is 0 Å². The Labute approximate surface area is 110 Å². The minimum atomic E-state index is -4.27. The van der Waals surface area contributed by atoms with Crippen molar-refractivity contribution in [1.82, 2.24) is 0 Å². The van der Waals surface area contributed by atoms with Crippen molar-refractivity contribution in [3.05, 3.63) is 23.8 Å². The van der Waals surface area contributed by atoms with Crippen LogP contribution in [-0.2, 0) is 5.41 Å². The van der Waals surface area contributed by atoms with Crippen molar-refractivity contribution in [2.24, 2.45) is 0 Å². The van der Waals surface area contributed by atoms with Crippen LogP contribution in [0, 0.1) is 0 Å². The molecule has 2 nitrogen and oxygen atoms in total. The zero-order chi connectivity index (χ0) is 12.2. The van der Waals surface area contributed by atoms with E-state index in [1.54, 1.807) is 6.07 Å². The number of rotatable bonds is 0. The van der Waals surface area contributed by atoms with Gasteiger partial charge in [-0.3, -0.25) is 0 Å². The predicted octanol–water partition coefficient (Wildman–Crippen LogP) is 5.64. The molecule has 90 valence electrons. The molecular weight excluding hydrogens is 362 g/mol. The first-order valence-corrected chi connectivity index (χ1v) is 10.8. The van der Waals surface area contributed by atoms with Crippen molar-refractivity contribution in [3.63, 3.8) is 0 Å². The van der Waals surface area contributed by atoms with Gasteiger partial charge < -0.3 is 0 Å². The molecule has 0 amide bonds. The van der Waals surface area contributed by atoms with E-state index in [0.717, 1.165) is 5.56 Å². The van der Waals surface area contributed by atoms with E-state index in [4.69, 9.17) is 9.05 Å². The second kappa shape index (κ2) is 3.33. The van der Waals surface area contributed by atoms with E-state index < -0.39 is 4.77 Å². The molecule has 0 N–H and O–H groups in total. The zero-order valence-corrected chi connectivity index (χ0v) is 13.2. The summed E-state index contributed by atoms with van der Waals surface area (Å²) in [6.45, 7) is 6.26. The van der Waals surface area contributed by atoms with Crippen LogP contribution < -0.4 is 9.05 Å². The molecule has 0 atom stereocenters. The Bertz CT molecular complexity index is 448. The summed E-state index contributed by atoms with van der Waals surface area (Å²) in [5.41, 5.74) is 1.07. The molecule has 0 fully saturated rings. The van der Waals surface area contributed by atoms with Crippen molar-refractivity contribution in [2.45, 2.75) is 26.2 Å². The van der Waals surface area contributed by atoms with Gasteiger partial charge in [0.25, 0.3) is 0 Å². The fraction of sp³-hybridized carbons (Fsp3) is 0.400. The average Bonchev–Trinajstić information content (AvgIpc) is 2.29. The van der Waals surface area contributed by atoms with Crippen LogP contribution in [0.15, 0.2) is 18.2 Å². The Morgan fingerprint density at radius 2 is 1.69 bits per heavy atom. The normalized spacial score (nSPS) is 23.5. The SMILES string of the molecule is CC(C)(C)c1ccc2c(c1)OP(F)(Br)(Br)O2. The first-order chi connectivity index (χ1) is 7.05. The van der Waals surface area contributed by atoms with Crippen molar-refractivity contribution in [3.8, 4) is 11.5 Å². The van der Waals surface area contributed by atoms with E-state index in [9.17, 15) is 4.20 Å². The number of fused-ring (bicyclic) bond motifs is 1. The predicted molar refractivity (Wildman–Crippen MR) is 72.3 cm³/mol. The van der Waals surface area contributed by atoms with Crippen LogP contribution in [0.2, 0.25) is 0 Å².